The maximum Gasteiger partial charge on any atom is 0.133 e. The summed E-state index contributed by atoms with van der Waals surface area (Å²) in [6.07, 6.45) is 7.01. The second-order valence-electron chi connectivity index (χ2n) is 1.90. The Kier molecular flexibility index (Phi) is 4.79. The average Bonchev–Trinajstić information content (AvgIpc) is 1.80. The number of hydrogen-bond donors (Lipinski definition) is 0. The van der Waals surface area contributed by atoms with Crippen molar-refractivity contribution in [3.8, 4) is 0 Å². The van der Waals surface area contributed by atoms with E-state index in [1.54, 1.807) is 13.0 Å². The van der Waals surface area contributed by atoms with Gasteiger partial charge in [0.25, 0.3) is 0 Å². The molecular weight excluding hydrogens is 112 g/mol. The number of allylic oxidation sites excluding steroid dienone is 3. The molecule has 0 unspecified atom stereocenters. The lowest BCUT2D eigenvalue weighted by atomic mass is 10.3. The maximum atomic E-state index is 10.3. The third kappa shape index (κ3) is 7.15. The molecule has 0 heterocycles. The molecule has 0 spiro atoms. The number of rotatable bonds is 4. The molecule has 0 aromatic carbocycles. The minimum absolute atomic E-state index is 0.204. The fraction of sp³-hybridized carbons (Fsp3) is 0.375. The minimum Gasteiger partial charge on any atom is -0.300 e. The number of hydrogen-bond acceptors (Lipinski definition) is 1. The van der Waals surface area contributed by atoms with E-state index in [-0.39, 0.29) is 5.78 Å². The topological polar surface area (TPSA) is 17.1 Å². The summed E-state index contributed by atoms with van der Waals surface area (Å²) in [5, 5.41) is 0. The van der Waals surface area contributed by atoms with Crippen LogP contribution in [0.5, 0.6) is 0 Å². The van der Waals surface area contributed by atoms with Crippen LogP contribution < -0.4 is 0 Å². The number of carbonyl (C=O) groups excluding carboxylic acids is 1. The van der Waals surface area contributed by atoms with Crippen LogP contribution in [0.2, 0.25) is 0 Å². The van der Waals surface area contributed by atoms with Gasteiger partial charge in [0.15, 0.2) is 0 Å². The van der Waals surface area contributed by atoms with Crippen molar-refractivity contribution in [3.63, 3.8) is 0 Å². The minimum atomic E-state index is 0.204. The quantitative estimate of drug-likeness (QED) is 0.524. The fourth-order valence-corrected chi connectivity index (χ4v) is 0.442. The average molecular weight is 124 g/mol. The Morgan fingerprint density at radius 2 is 2.22 bits per heavy atom. The molecule has 0 rings (SSSR count). The summed E-state index contributed by atoms with van der Waals surface area (Å²) in [4.78, 5) is 10.3. The van der Waals surface area contributed by atoms with E-state index in [0.717, 1.165) is 6.42 Å². The molecular formula is C8H12O. The van der Waals surface area contributed by atoms with Crippen molar-refractivity contribution in [1.29, 1.82) is 0 Å². The molecule has 0 bridgehead atoms. The molecule has 0 aromatic rings. The van der Waals surface area contributed by atoms with E-state index in [0.29, 0.717) is 6.42 Å². The zero-order chi connectivity index (χ0) is 7.11. The number of carbonyl (C=O) groups is 1. The highest BCUT2D eigenvalue weighted by molar-refractivity contribution is 5.76. The van der Waals surface area contributed by atoms with Gasteiger partial charge < -0.3 is 0 Å². The second kappa shape index (κ2) is 5.29. The first-order valence-corrected chi connectivity index (χ1v) is 3.02. The van der Waals surface area contributed by atoms with Crippen molar-refractivity contribution in [2.75, 3.05) is 0 Å². The molecule has 0 aliphatic heterocycles. The standard InChI is InChI=1S/C8H12O/c1-3-4-5-6-7-8(2)9/h3,5-6H,1,4,7H2,2H3/b6-5-. The predicted molar refractivity (Wildman–Crippen MR) is 39.3 cm³/mol. The van der Waals surface area contributed by atoms with E-state index < -0.39 is 0 Å². The molecule has 0 aliphatic rings. The van der Waals surface area contributed by atoms with Gasteiger partial charge in [0.2, 0.25) is 0 Å². The Bertz CT molecular complexity index is 123. The summed E-state index contributed by atoms with van der Waals surface area (Å²) in [7, 11) is 0. The van der Waals surface area contributed by atoms with E-state index in [9.17, 15) is 4.79 Å². The second-order valence-corrected chi connectivity index (χ2v) is 1.90. The zero-order valence-electron chi connectivity index (χ0n) is 5.76. The van der Waals surface area contributed by atoms with Gasteiger partial charge in [-0.15, -0.1) is 6.58 Å². The molecule has 0 saturated carbocycles. The Balaban J connectivity index is 3.24. The molecule has 9 heavy (non-hydrogen) atoms. The normalized spacial score (nSPS) is 9.89. The summed E-state index contributed by atoms with van der Waals surface area (Å²) in [5.41, 5.74) is 0. The van der Waals surface area contributed by atoms with Gasteiger partial charge in [-0.1, -0.05) is 18.2 Å². The van der Waals surface area contributed by atoms with Crippen molar-refractivity contribution < 1.29 is 4.79 Å². The Morgan fingerprint density at radius 3 is 2.67 bits per heavy atom. The van der Waals surface area contributed by atoms with Crippen LogP contribution in [-0.4, -0.2) is 5.78 Å². The third-order valence-electron chi connectivity index (χ3n) is 0.875. The molecule has 0 radical (unpaired) electrons. The molecule has 50 valence electrons. The SMILES string of the molecule is C=CC/C=C\CC(C)=O. The summed E-state index contributed by atoms with van der Waals surface area (Å²) < 4.78 is 0. The summed E-state index contributed by atoms with van der Waals surface area (Å²) in [6.45, 7) is 5.12. The molecule has 1 nitrogen and oxygen atoms in total. The van der Waals surface area contributed by atoms with Gasteiger partial charge in [-0.25, -0.2) is 0 Å². The molecule has 0 aliphatic carbocycles. The van der Waals surface area contributed by atoms with Crippen molar-refractivity contribution in [2.45, 2.75) is 19.8 Å². The van der Waals surface area contributed by atoms with Crippen molar-refractivity contribution in [1.82, 2.24) is 0 Å². The van der Waals surface area contributed by atoms with Crippen LogP contribution in [0, 0.1) is 0 Å². The van der Waals surface area contributed by atoms with Gasteiger partial charge in [0.05, 0.1) is 0 Å². The largest absolute Gasteiger partial charge is 0.300 e. The molecule has 0 aromatic heterocycles. The van der Waals surface area contributed by atoms with Crippen LogP contribution in [0.1, 0.15) is 19.8 Å². The van der Waals surface area contributed by atoms with Gasteiger partial charge in [-0.2, -0.15) is 0 Å². The van der Waals surface area contributed by atoms with E-state index in [4.69, 9.17) is 0 Å². The highest BCUT2D eigenvalue weighted by atomic mass is 16.1. The fourth-order valence-electron chi connectivity index (χ4n) is 0.442. The smallest absolute Gasteiger partial charge is 0.133 e. The Morgan fingerprint density at radius 1 is 1.56 bits per heavy atom. The first-order valence-electron chi connectivity index (χ1n) is 3.02. The predicted octanol–water partition coefficient (Wildman–Crippen LogP) is 2.10. The monoisotopic (exact) mass is 124 g/mol. The van der Waals surface area contributed by atoms with Crippen LogP contribution in [0.15, 0.2) is 24.8 Å². The van der Waals surface area contributed by atoms with Crippen molar-refractivity contribution in [2.24, 2.45) is 0 Å². The van der Waals surface area contributed by atoms with Crippen LogP contribution in [0.4, 0.5) is 0 Å². The van der Waals surface area contributed by atoms with Crippen LogP contribution in [0.25, 0.3) is 0 Å². The lowest BCUT2D eigenvalue weighted by molar-refractivity contribution is -0.116. The van der Waals surface area contributed by atoms with E-state index in [1.165, 1.54) is 0 Å². The van der Waals surface area contributed by atoms with Gasteiger partial charge in [0, 0.05) is 6.42 Å². The van der Waals surface area contributed by atoms with Crippen LogP contribution in [-0.2, 0) is 4.79 Å². The van der Waals surface area contributed by atoms with Gasteiger partial charge in [0.1, 0.15) is 5.78 Å². The highest BCUT2D eigenvalue weighted by Crippen LogP contribution is 1.87. The summed E-state index contributed by atoms with van der Waals surface area (Å²) >= 11 is 0. The molecule has 0 amide bonds. The van der Waals surface area contributed by atoms with E-state index in [2.05, 4.69) is 6.58 Å². The molecule has 1 heteroatoms. The lowest BCUT2D eigenvalue weighted by Gasteiger charge is -1.81. The summed E-state index contributed by atoms with van der Waals surface area (Å²) in [5.74, 6) is 0.204. The van der Waals surface area contributed by atoms with Gasteiger partial charge in [-0.05, 0) is 13.3 Å². The Hall–Kier alpha value is -0.850. The first kappa shape index (κ1) is 8.15. The van der Waals surface area contributed by atoms with Crippen molar-refractivity contribution >= 4 is 5.78 Å². The molecule has 0 N–H and O–H groups in total. The third-order valence-corrected chi connectivity index (χ3v) is 0.875. The number of Topliss-reactive ketones (excluding diaryl/α,β-unsaturated/α-hetero) is 1. The zero-order valence-corrected chi connectivity index (χ0v) is 5.76. The van der Waals surface area contributed by atoms with Gasteiger partial charge >= 0.3 is 0 Å². The van der Waals surface area contributed by atoms with E-state index in [1.807, 2.05) is 12.2 Å². The van der Waals surface area contributed by atoms with Crippen molar-refractivity contribution in [3.05, 3.63) is 24.8 Å². The van der Waals surface area contributed by atoms with Crippen LogP contribution in [0.3, 0.4) is 0 Å². The summed E-state index contributed by atoms with van der Waals surface area (Å²) in [6, 6.07) is 0. The first-order chi connectivity index (χ1) is 4.27. The maximum absolute atomic E-state index is 10.3. The molecule has 0 atom stereocenters. The Labute approximate surface area is 56.1 Å². The number of ketones is 1. The lowest BCUT2D eigenvalue weighted by Crippen LogP contribution is -1.83. The highest BCUT2D eigenvalue weighted by Gasteiger charge is 1.82. The molecule has 0 saturated heterocycles. The van der Waals surface area contributed by atoms with Crippen LogP contribution >= 0.6 is 0 Å². The van der Waals surface area contributed by atoms with Gasteiger partial charge in [-0.3, -0.25) is 4.79 Å². The molecule has 0 fully saturated rings. The van der Waals surface area contributed by atoms with E-state index >= 15 is 0 Å².